The molecule has 0 atom stereocenters. The number of nitrogens with one attached hydrogen (secondary N) is 2. The molecule has 0 radical (unpaired) electrons. The molecule has 3 aromatic rings. The Balaban J connectivity index is 1.59. The maximum absolute atomic E-state index is 12.1. The summed E-state index contributed by atoms with van der Waals surface area (Å²) in [5, 5.41) is 16.7. The average Bonchev–Trinajstić information content (AvgIpc) is 3.09. The van der Waals surface area contributed by atoms with Gasteiger partial charge in [-0.3, -0.25) is 4.79 Å². The zero-order chi connectivity index (χ0) is 16.1. The molecular formula is C17H17N5O. The lowest BCUT2D eigenvalue weighted by molar-refractivity contribution is -0.116. The number of rotatable bonds is 5. The lowest BCUT2D eigenvalue weighted by Gasteiger charge is -2.06. The third kappa shape index (κ3) is 4.00. The number of hydrogen-bond donors (Lipinski definition) is 2. The molecule has 0 aliphatic heterocycles. The maximum atomic E-state index is 12.1. The molecule has 0 aliphatic carbocycles. The van der Waals surface area contributed by atoms with Crippen LogP contribution in [0.4, 0.5) is 5.69 Å². The van der Waals surface area contributed by atoms with Gasteiger partial charge in [0.1, 0.15) is 0 Å². The summed E-state index contributed by atoms with van der Waals surface area (Å²) in [6.07, 6.45) is 1.16. The van der Waals surface area contributed by atoms with Crippen LogP contribution >= 0.6 is 0 Å². The van der Waals surface area contributed by atoms with Gasteiger partial charge in [-0.2, -0.15) is 5.21 Å². The minimum absolute atomic E-state index is 0.0177. The van der Waals surface area contributed by atoms with E-state index in [0.717, 1.165) is 23.2 Å². The number of aromatic amines is 1. The topological polar surface area (TPSA) is 83.6 Å². The number of benzene rings is 2. The fraction of sp³-hybridized carbons (Fsp3) is 0.176. The molecular weight excluding hydrogens is 290 g/mol. The average molecular weight is 307 g/mol. The van der Waals surface area contributed by atoms with E-state index in [9.17, 15) is 4.79 Å². The van der Waals surface area contributed by atoms with Crippen LogP contribution < -0.4 is 5.32 Å². The highest BCUT2D eigenvalue weighted by molar-refractivity contribution is 5.91. The Morgan fingerprint density at radius 3 is 2.74 bits per heavy atom. The summed E-state index contributed by atoms with van der Waals surface area (Å²) >= 11 is 0. The molecule has 0 aliphatic rings. The molecule has 6 nitrogen and oxygen atoms in total. The highest BCUT2D eigenvalue weighted by atomic mass is 16.1. The molecule has 0 saturated heterocycles. The first-order valence-electron chi connectivity index (χ1n) is 7.40. The van der Waals surface area contributed by atoms with Crippen LogP contribution in [0.1, 0.15) is 17.5 Å². The molecule has 1 amide bonds. The number of anilines is 1. The number of nitrogens with zero attached hydrogens (tertiary/aromatic N) is 3. The van der Waals surface area contributed by atoms with Crippen molar-refractivity contribution in [2.24, 2.45) is 0 Å². The van der Waals surface area contributed by atoms with Crippen molar-refractivity contribution in [1.82, 2.24) is 20.6 Å². The van der Waals surface area contributed by atoms with E-state index < -0.39 is 0 Å². The summed E-state index contributed by atoms with van der Waals surface area (Å²) in [6, 6.07) is 15.6. The van der Waals surface area contributed by atoms with Crippen LogP contribution in [0.2, 0.25) is 0 Å². The monoisotopic (exact) mass is 307 g/mol. The van der Waals surface area contributed by atoms with Gasteiger partial charge in [-0.05, 0) is 36.3 Å². The first-order valence-corrected chi connectivity index (χ1v) is 7.40. The minimum Gasteiger partial charge on any atom is -0.326 e. The molecule has 0 fully saturated rings. The van der Waals surface area contributed by atoms with Gasteiger partial charge >= 0.3 is 0 Å². The normalized spacial score (nSPS) is 10.5. The molecule has 0 saturated carbocycles. The Hall–Kier alpha value is -3.02. The van der Waals surface area contributed by atoms with Gasteiger partial charge in [0.2, 0.25) is 11.7 Å². The van der Waals surface area contributed by atoms with Crippen LogP contribution in [0.15, 0.2) is 48.5 Å². The van der Waals surface area contributed by atoms with E-state index in [-0.39, 0.29) is 5.91 Å². The van der Waals surface area contributed by atoms with Crippen molar-refractivity contribution in [2.75, 3.05) is 5.32 Å². The van der Waals surface area contributed by atoms with Gasteiger partial charge in [0, 0.05) is 17.7 Å². The third-order valence-corrected chi connectivity index (χ3v) is 3.51. The van der Waals surface area contributed by atoms with Gasteiger partial charge < -0.3 is 5.32 Å². The van der Waals surface area contributed by atoms with Crippen LogP contribution in [0.25, 0.3) is 11.4 Å². The highest BCUT2D eigenvalue weighted by Crippen LogP contribution is 2.18. The lowest BCUT2D eigenvalue weighted by Crippen LogP contribution is -2.12. The van der Waals surface area contributed by atoms with E-state index in [2.05, 4.69) is 50.2 Å². The first-order chi connectivity index (χ1) is 11.2. The number of hydrogen-bond acceptors (Lipinski definition) is 4. The molecule has 3 rings (SSSR count). The maximum Gasteiger partial charge on any atom is 0.224 e. The van der Waals surface area contributed by atoms with Crippen LogP contribution in [0.3, 0.4) is 0 Å². The van der Waals surface area contributed by atoms with Crippen molar-refractivity contribution in [1.29, 1.82) is 0 Å². The molecule has 2 aromatic carbocycles. The van der Waals surface area contributed by atoms with E-state index >= 15 is 0 Å². The van der Waals surface area contributed by atoms with Crippen LogP contribution in [0, 0.1) is 6.92 Å². The SMILES string of the molecule is Cc1ccc(CCC(=O)Nc2cccc(-c3nn[nH]n3)c2)cc1. The lowest BCUT2D eigenvalue weighted by atomic mass is 10.1. The zero-order valence-corrected chi connectivity index (χ0v) is 12.8. The first kappa shape index (κ1) is 14.9. The third-order valence-electron chi connectivity index (χ3n) is 3.51. The predicted octanol–water partition coefficient (Wildman–Crippen LogP) is 2.75. The van der Waals surface area contributed by atoms with Gasteiger partial charge in [-0.1, -0.05) is 42.0 Å². The number of H-pyrrole nitrogens is 1. The summed E-state index contributed by atoms with van der Waals surface area (Å²) in [5.41, 5.74) is 3.90. The fourth-order valence-electron chi connectivity index (χ4n) is 2.26. The Bertz CT molecular complexity index is 781. The van der Waals surface area contributed by atoms with Gasteiger partial charge in [0.15, 0.2) is 0 Å². The molecule has 23 heavy (non-hydrogen) atoms. The van der Waals surface area contributed by atoms with Crippen LogP contribution in [0.5, 0.6) is 0 Å². The van der Waals surface area contributed by atoms with E-state index in [1.807, 2.05) is 31.2 Å². The van der Waals surface area contributed by atoms with E-state index in [1.54, 1.807) is 0 Å². The van der Waals surface area contributed by atoms with Gasteiger partial charge in [0.25, 0.3) is 0 Å². The largest absolute Gasteiger partial charge is 0.326 e. The van der Waals surface area contributed by atoms with E-state index in [0.29, 0.717) is 12.2 Å². The number of carbonyl (C=O) groups is 1. The zero-order valence-electron chi connectivity index (χ0n) is 12.8. The highest BCUT2D eigenvalue weighted by Gasteiger charge is 2.06. The standard InChI is InChI=1S/C17H17N5O/c1-12-5-7-13(8-6-12)9-10-16(23)18-15-4-2-3-14(11-15)17-19-21-22-20-17/h2-8,11H,9-10H2,1H3,(H,18,23)(H,19,20,21,22). The Morgan fingerprint density at radius 1 is 1.17 bits per heavy atom. The second-order valence-corrected chi connectivity index (χ2v) is 5.35. The number of amides is 1. The van der Waals surface area contributed by atoms with Crippen molar-refractivity contribution >= 4 is 11.6 Å². The quantitative estimate of drug-likeness (QED) is 0.759. The number of aryl methyl sites for hydroxylation is 2. The van der Waals surface area contributed by atoms with Gasteiger partial charge in [0.05, 0.1) is 0 Å². The summed E-state index contributed by atoms with van der Waals surface area (Å²) < 4.78 is 0. The fourth-order valence-corrected chi connectivity index (χ4v) is 2.26. The number of carbonyl (C=O) groups excluding carboxylic acids is 1. The minimum atomic E-state index is -0.0177. The smallest absolute Gasteiger partial charge is 0.224 e. The molecule has 1 heterocycles. The van der Waals surface area contributed by atoms with Gasteiger partial charge in [-0.25, -0.2) is 0 Å². The number of tetrazole rings is 1. The van der Waals surface area contributed by atoms with E-state index in [4.69, 9.17) is 0 Å². The van der Waals surface area contributed by atoms with Crippen LogP contribution in [-0.4, -0.2) is 26.5 Å². The second-order valence-electron chi connectivity index (χ2n) is 5.35. The van der Waals surface area contributed by atoms with Gasteiger partial charge in [-0.15, -0.1) is 10.2 Å². The Labute approximate surface area is 133 Å². The molecule has 1 aromatic heterocycles. The molecule has 0 spiro atoms. The van der Waals surface area contributed by atoms with Crippen molar-refractivity contribution < 1.29 is 4.79 Å². The van der Waals surface area contributed by atoms with Crippen LogP contribution in [-0.2, 0) is 11.2 Å². The van der Waals surface area contributed by atoms with Crippen molar-refractivity contribution in [3.63, 3.8) is 0 Å². The van der Waals surface area contributed by atoms with Crippen molar-refractivity contribution in [3.05, 3.63) is 59.7 Å². The Morgan fingerprint density at radius 2 is 2.00 bits per heavy atom. The summed E-state index contributed by atoms with van der Waals surface area (Å²) in [4.78, 5) is 12.1. The molecule has 2 N–H and O–H groups in total. The predicted molar refractivity (Wildman–Crippen MR) is 87.7 cm³/mol. The molecule has 0 unspecified atom stereocenters. The van der Waals surface area contributed by atoms with Crippen molar-refractivity contribution in [3.8, 4) is 11.4 Å². The van der Waals surface area contributed by atoms with E-state index in [1.165, 1.54) is 5.56 Å². The second kappa shape index (κ2) is 6.83. The molecule has 116 valence electrons. The summed E-state index contributed by atoms with van der Waals surface area (Å²) in [5.74, 6) is 0.483. The Kier molecular flexibility index (Phi) is 4.42. The molecule has 0 bridgehead atoms. The summed E-state index contributed by atoms with van der Waals surface area (Å²) in [7, 11) is 0. The summed E-state index contributed by atoms with van der Waals surface area (Å²) in [6.45, 7) is 2.05. The molecule has 6 heteroatoms. The number of aromatic nitrogens is 4. The van der Waals surface area contributed by atoms with Crippen molar-refractivity contribution in [2.45, 2.75) is 19.8 Å².